The number of hydrogen-bond acceptors (Lipinski definition) is 2. The van der Waals surface area contributed by atoms with E-state index in [1.54, 1.807) is 4.90 Å². The van der Waals surface area contributed by atoms with Gasteiger partial charge >= 0.3 is 0 Å². The number of benzene rings is 1. The highest BCUT2D eigenvalue weighted by molar-refractivity contribution is 9.10. The van der Waals surface area contributed by atoms with Crippen LogP contribution in [0.25, 0.3) is 0 Å². The Kier molecular flexibility index (Phi) is 3.30. The van der Waals surface area contributed by atoms with E-state index in [0.717, 1.165) is 16.4 Å². The average molecular weight is 284 g/mol. The number of halogens is 1. The topological polar surface area (TPSA) is 40.5 Å². The fourth-order valence-electron chi connectivity index (χ4n) is 2.05. The molecule has 0 aliphatic carbocycles. The molecule has 1 fully saturated rings. The zero-order valence-electron chi connectivity index (χ0n) is 8.90. The van der Waals surface area contributed by atoms with Crippen LogP contribution >= 0.6 is 15.9 Å². The molecule has 1 N–H and O–H groups in total. The minimum absolute atomic E-state index is 0.605. The maximum Gasteiger partial charge on any atom is 0.209 e. The second-order valence-corrected chi connectivity index (χ2v) is 5.10. The number of hydrogen-bond donors (Lipinski definition) is 1. The molecule has 0 aromatic heterocycles. The van der Waals surface area contributed by atoms with E-state index in [1.807, 2.05) is 24.3 Å². The van der Waals surface area contributed by atoms with Gasteiger partial charge in [0.2, 0.25) is 6.41 Å². The van der Waals surface area contributed by atoms with E-state index in [9.17, 15) is 9.90 Å². The Morgan fingerprint density at radius 2 is 1.81 bits per heavy atom. The second-order valence-electron chi connectivity index (χ2n) is 4.18. The van der Waals surface area contributed by atoms with Crippen LogP contribution in [0.5, 0.6) is 0 Å². The van der Waals surface area contributed by atoms with Crippen LogP contribution in [-0.4, -0.2) is 29.5 Å². The molecule has 1 aromatic rings. The van der Waals surface area contributed by atoms with Crippen molar-refractivity contribution in [3.63, 3.8) is 0 Å². The Labute approximate surface area is 103 Å². The molecule has 1 aromatic carbocycles. The van der Waals surface area contributed by atoms with Gasteiger partial charge in [0, 0.05) is 17.6 Å². The quantitative estimate of drug-likeness (QED) is 0.842. The van der Waals surface area contributed by atoms with Crippen molar-refractivity contribution in [2.24, 2.45) is 0 Å². The van der Waals surface area contributed by atoms with Crippen LogP contribution < -0.4 is 0 Å². The summed E-state index contributed by atoms with van der Waals surface area (Å²) in [6.45, 7) is 1.24. The number of likely N-dealkylation sites (tertiary alicyclic amines) is 1. The Hall–Kier alpha value is -0.870. The van der Waals surface area contributed by atoms with Crippen LogP contribution in [0.3, 0.4) is 0 Å². The molecule has 1 amide bonds. The number of rotatable bonds is 2. The van der Waals surface area contributed by atoms with E-state index in [-0.39, 0.29) is 0 Å². The molecule has 1 aliphatic heterocycles. The first-order valence-corrected chi connectivity index (χ1v) is 6.11. The number of nitrogens with zero attached hydrogens (tertiary/aromatic N) is 1. The van der Waals surface area contributed by atoms with E-state index in [1.165, 1.54) is 0 Å². The van der Waals surface area contributed by atoms with Crippen molar-refractivity contribution in [2.75, 3.05) is 13.1 Å². The summed E-state index contributed by atoms with van der Waals surface area (Å²) in [6, 6.07) is 7.72. The first-order chi connectivity index (χ1) is 7.64. The van der Waals surface area contributed by atoms with Crippen LogP contribution in [0.2, 0.25) is 0 Å². The molecule has 16 heavy (non-hydrogen) atoms. The zero-order valence-corrected chi connectivity index (χ0v) is 10.5. The van der Waals surface area contributed by atoms with Crippen LogP contribution in [0, 0.1) is 0 Å². The molecular weight excluding hydrogens is 270 g/mol. The van der Waals surface area contributed by atoms with E-state index in [2.05, 4.69) is 15.9 Å². The Balaban J connectivity index is 2.14. The summed E-state index contributed by atoms with van der Waals surface area (Å²) in [7, 11) is 0. The molecule has 1 aliphatic rings. The number of amides is 1. The number of carbonyl (C=O) groups excluding carboxylic acids is 1. The van der Waals surface area contributed by atoms with Crippen LogP contribution in [0.15, 0.2) is 28.7 Å². The SMILES string of the molecule is O=CN1CCC(O)(c2ccc(Br)cc2)CC1. The minimum Gasteiger partial charge on any atom is -0.385 e. The van der Waals surface area contributed by atoms with E-state index in [4.69, 9.17) is 0 Å². The summed E-state index contributed by atoms with van der Waals surface area (Å²) < 4.78 is 1.00. The van der Waals surface area contributed by atoms with Crippen molar-refractivity contribution in [3.8, 4) is 0 Å². The van der Waals surface area contributed by atoms with Crippen LogP contribution in [0.1, 0.15) is 18.4 Å². The molecule has 1 heterocycles. The van der Waals surface area contributed by atoms with Crippen LogP contribution in [-0.2, 0) is 10.4 Å². The fraction of sp³-hybridized carbons (Fsp3) is 0.417. The monoisotopic (exact) mass is 283 g/mol. The molecule has 0 radical (unpaired) electrons. The van der Waals surface area contributed by atoms with E-state index >= 15 is 0 Å². The summed E-state index contributed by atoms with van der Waals surface area (Å²) in [5, 5.41) is 10.5. The number of aliphatic hydroxyl groups is 1. The standard InChI is InChI=1S/C12H14BrNO2/c13-11-3-1-10(2-4-11)12(16)5-7-14(9-15)8-6-12/h1-4,9,16H,5-8H2. The Morgan fingerprint density at radius 1 is 1.25 bits per heavy atom. The van der Waals surface area contributed by atoms with Gasteiger partial charge in [-0.3, -0.25) is 4.79 Å². The summed E-state index contributed by atoms with van der Waals surface area (Å²) in [5.74, 6) is 0. The molecule has 1 saturated heterocycles. The molecule has 0 atom stereocenters. The van der Waals surface area contributed by atoms with Gasteiger partial charge in [0.1, 0.15) is 0 Å². The highest BCUT2D eigenvalue weighted by atomic mass is 79.9. The lowest BCUT2D eigenvalue weighted by Crippen LogP contribution is -2.41. The number of carbonyl (C=O) groups is 1. The molecule has 4 heteroatoms. The molecule has 0 saturated carbocycles. The predicted molar refractivity (Wildman–Crippen MR) is 64.9 cm³/mol. The van der Waals surface area contributed by atoms with Crippen molar-refractivity contribution in [1.29, 1.82) is 0 Å². The summed E-state index contributed by atoms with van der Waals surface area (Å²) in [5.41, 5.74) is 0.154. The number of piperidine rings is 1. The highest BCUT2D eigenvalue weighted by Gasteiger charge is 2.33. The van der Waals surface area contributed by atoms with Gasteiger partial charge in [-0.05, 0) is 30.5 Å². The maximum atomic E-state index is 10.6. The third kappa shape index (κ3) is 2.28. The normalized spacial score (nSPS) is 19.5. The second kappa shape index (κ2) is 4.55. The van der Waals surface area contributed by atoms with Crippen molar-refractivity contribution < 1.29 is 9.90 Å². The van der Waals surface area contributed by atoms with Gasteiger partial charge in [0.25, 0.3) is 0 Å². The molecule has 86 valence electrons. The van der Waals surface area contributed by atoms with Gasteiger partial charge in [-0.15, -0.1) is 0 Å². The van der Waals surface area contributed by atoms with E-state index in [0.29, 0.717) is 25.9 Å². The van der Waals surface area contributed by atoms with Gasteiger partial charge in [-0.1, -0.05) is 28.1 Å². The van der Waals surface area contributed by atoms with Crippen molar-refractivity contribution in [2.45, 2.75) is 18.4 Å². The lowest BCUT2D eigenvalue weighted by molar-refractivity contribution is -0.122. The third-order valence-electron chi connectivity index (χ3n) is 3.16. The average Bonchev–Trinajstić information content (AvgIpc) is 2.31. The molecule has 3 nitrogen and oxygen atoms in total. The van der Waals surface area contributed by atoms with Gasteiger partial charge in [0.05, 0.1) is 5.60 Å². The Bertz CT molecular complexity index is 369. The minimum atomic E-state index is -0.778. The summed E-state index contributed by atoms with van der Waals surface area (Å²) in [6.07, 6.45) is 2.06. The summed E-state index contributed by atoms with van der Waals surface area (Å²) in [4.78, 5) is 12.3. The van der Waals surface area contributed by atoms with Crippen LogP contribution in [0.4, 0.5) is 0 Å². The predicted octanol–water partition coefficient (Wildman–Crippen LogP) is 1.89. The van der Waals surface area contributed by atoms with Gasteiger partial charge in [0.15, 0.2) is 0 Å². The van der Waals surface area contributed by atoms with Gasteiger partial charge in [-0.25, -0.2) is 0 Å². The lowest BCUT2D eigenvalue weighted by atomic mass is 9.85. The molecule has 0 spiro atoms. The Morgan fingerprint density at radius 3 is 2.31 bits per heavy atom. The largest absolute Gasteiger partial charge is 0.385 e. The van der Waals surface area contributed by atoms with E-state index < -0.39 is 5.60 Å². The molecule has 2 rings (SSSR count). The smallest absolute Gasteiger partial charge is 0.209 e. The van der Waals surface area contributed by atoms with Crippen molar-refractivity contribution >= 4 is 22.3 Å². The lowest BCUT2D eigenvalue weighted by Gasteiger charge is -2.37. The molecule has 0 unspecified atom stereocenters. The van der Waals surface area contributed by atoms with Crippen molar-refractivity contribution in [3.05, 3.63) is 34.3 Å². The summed E-state index contributed by atoms with van der Waals surface area (Å²) >= 11 is 3.37. The first-order valence-electron chi connectivity index (χ1n) is 5.32. The highest BCUT2D eigenvalue weighted by Crippen LogP contribution is 2.32. The zero-order chi connectivity index (χ0) is 11.6. The fourth-order valence-corrected chi connectivity index (χ4v) is 2.31. The maximum absolute atomic E-state index is 10.6. The molecule has 0 bridgehead atoms. The first kappa shape index (κ1) is 11.6. The molecular formula is C12H14BrNO2. The third-order valence-corrected chi connectivity index (χ3v) is 3.68. The van der Waals surface area contributed by atoms with Gasteiger partial charge in [-0.2, -0.15) is 0 Å². The van der Waals surface area contributed by atoms with Gasteiger partial charge < -0.3 is 10.0 Å². The van der Waals surface area contributed by atoms with Crippen molar-refractivity contribution in [1.82, 2.24) is 4.90 Å².